The van der Waals surface area contributed by atoms with E-state index in [9.17, 15) is 0 Å². The molecule has 0 aromatic heterocycles. The monoisotopic (exact) mass is 226 g/mol. The molecule has 0 saturated carbocycles. The number of aryl methyl sites for hydroxylation is 1. The fourth-order valence-electron chi connectivity index (χ4n) is 1.77. The Hall–Kier alpha value is -1.80. The van der Waals surface area contributed by atoms with Crippen molar-refractivity contribution >= 4 is 11.4 Å². The molecule has 0 spiro atoms. The molecule has 2 heteroatoms. The Morgan fingerprint density at radius 1 is 0.941 bits per heavy atom. The molecule has 2 nitrogen and oxygen atoms in total. The Bertz CT molecular complexity index is 475. The lowest BCUT2D eigenvalue weighted by atomic mass is 10.2. The summed E-state index contributed by atoms with van der Waals surface area (Å²) in [5.74, 6) is 0. The summed E-state index contributed by atoms with van der Waals surface area (Å²) in [6.07, 6.45) is 0. The predicted octanol–water partition coefficient (Wildman–Crippen LogP) is 3.46. The molecule has 17 heavy (non-hydrogen) atoms. The maximum Gasteiger partial charge on any atom is 0.0387 e. The lowest BCUT2D eigenvalue weighted by Gasteiger charge is -2.08. The third-order valence-electron chi connectivity index (χ3n) is 2.65. The lowest BCUT2D eigenvalue weighted by Crippen LogP contribution is -2.05. The smallest absolute Gasteiger partial charge is 0.0387 e. The molecule has 0 heterocycles. The second-order valence-electron chi connectivity index (χ2n) is 4.22. The number of rotatable bonds is 4. The summed E-state index contributed by atoms with van der Waals surface area (Å²) in [4.78, 5) is 0. The summed E-state index contributed by atoms with van der Waals surface area (Å²) >= 11 is 0. The largest absolute Gasteiger partial charge is 0.356 e. The van der Waals surface area contributed by atoms with E-state index in [1.807, 2.05) is 7.05 Å². The maximum atomic E-state index is 3.40. The Balaban J connectivity index is 2.12. The minimum atomic E-state index is 0.892. The molecule has 0 fully saturated rings. The van der Waals surface area contributed by atoms with Crippen molar-refractivity contribution in [3.63, 3.8) is 0 Å². The van der Waals surface area contributed by atoms with Crippen LogP contribution in [0.3, 0.4) is 0 Å². The SMILES string of the molecule is CNCc1cccc(Nc2ccc(C)cc2)c1. The van der Waals surface area contributed by atoms with Gasteiger partial charge in [-0.05, 0) is 43.8 Å². The molecule has 0 amide bonds. The van der Waals surface area contributed by atoms with Crippen LogP contribution in [0.4, 0.5) is 11.4 Å². The van der Waals surface area contributed by atoms with Gasteiger partial charge < -0.3 is 10.6 Å². The van der Waals surface area contributed by atoms with Crippen molar-refractivity contribution < 1.29 is 0 Å². The first-order chi connectivity index (χ1) is 8.28. The molecule has 2 N–H and O–H groups in total. The molecule has 2 rings (SSSR count). The van der Waals surface area contributed by atoms with E-state index in [0.717, 1.165) is 17.9 Å². The van der Waals surface area contributed by atoms with Crippen LogP contribution in [0.1, 0.15) is 11.1 Å². The van der Waals surface area contributed by atoms with E-state index in [-0.39, 0.29) is 0 Å². The van der Waals surface area contributed by atoms with E-state index in [0.29, 0.717) is 0 Å². The third-order valence-corrected chi connectivity index (χ3v) is 2.65. The molecule has 0 radical (unpaired) electrons. The normalized spacial score (nSPS) is 10.2. The van der Waals surface area contributed by atoms with Crippen molar-refractivity contribution in [2.24, 2.45) is 0 Å². The van der Waals surface area contributed by atoms with Gasteiger partial charge >= 0.3 is 0 Å². The molecule has 0 unspecified atom stereocenters. The summed E-state index contributed by atoms with van der Waals surface area (Å²) in [5, 5.41) is 6.56. The van der Waals surface area contributed by atoms with Crippen LogP contribution in [-0.4, -0.2) is 7.05 Å². The Morgan fingerprint density at radius 2 is 1.71 bits per heavy atom. The molecule has 0 aliphatic carbocycles. The van der Waals surface area contributed by atoms with Crippen molar-refractivity contribution in [2.75, 3.05) is 12.4 Å². The zero-order chi connectivity index (χ0) is 12.1. The third kappa shape index (κ3) is 3.33. The highest BCUT2D eigenvalue weighted by atomic mass is 14.9. The number of hydrogen-bond acceptors (Lipinski definition) is 2. The zero-order valence-corrected chi connectivity index (χ0v) is 10.3. The highest BCUT2D eigenvalue weighted by molar-refractivity contribution is 5.60. The van der Waals surface area contributed by atoms with Gasteiger partial charge in [-0.2, -0.15) is 0 Å². The molecule has 0 aliphatic heterocycles. The van der Waals surface area contributed by atoms with Gasteiger partial charge in [-0.3, -0.25) is 0 Å². The van der Waals surface area contributed by atoms with Crippen molar-refractivity contribution in [3.8, 4) is 0 Å². The standard InChI is InChI=1S/C15H18N2/c1-12-6-8-14(9-7-12)17-15-5-3-4-13(10-15)11-16-2/h3-10,16-17H,11H2,1-2H3. The fourth-order valence-corrected chi connectivity index (χ4v) is 1.77. The van der Waals surface area contributed by atoms with E-state index < -0.39 is 0 Å². The van der Waals surface area contributed by atoms with Crippen molar-refractivity contribution in [2.45, 2.75) is 13.5 Å². The molecular formula is C15H18N2. The summed E-state index contributed by atoms with van der Waals surface area (Å²) in [7, 11) is 1.96. The summed E-state index contributed by atoms with van der Waals surface area (Å²) in [6.45, 7) is 2.99. The molecule has 0 atom stereocenters. The average Bonchev–Trinajstić information content (AvgIpc) is 2.33. The minimum absolute atomic E-state index is 0.892. The number of benzene rings is 2. The molecule has 88 valence electrons. The van der Waals surface area contributed by atoms with Crippen LogP contribution >= 0.6 is 0 Å². The topological polar surface area (TPSA) is 24.1 Å². The quantitative estimate of drug-likeness (QED) is 0.834. The van der Waals surface area contributed by atoms with E-state index in [1.165, 1.54) is 11.1 Å². The van der Waals surface area contributed by atoms with E-state index in [1.54, 1.807) is 0 Å². The first kappa shape index (κ1) is 11.7. The van der Waals surface area contributed by atoms with Gasteiger partial charge in [0.25, 0.3) is 0 Å². The van der Waals surface area contributed by atoms with Gasteiger partial charge in [0.05, 0.1) is 0 Å². The number of anilines is 2. The van der Waals surface area contributed by atoms with Crippen LogP contribution < -0.4 is 10.6 Å². The van der Waals surface area contributed by atoms with Crippen LogP contribution in [0.5, 0.6) is 0 Å². The van der Waals surface area contributed by atoms with Gasteiger partial charge in [0, 0.05) is 17.9 Å². The first-order valence-corrected chi connectivity index (χ1v) is 5.85. The van der Waals surface area contributed by atoms with Crippen LogP contribution in [0.2, 0.25) is 0 Å². The number of hydrogen-bond donors (Lipinski definition) is 2. The minimum Gasteiger partial charge on any atom is -0.356 e. The maximum absolute atomic E-state index is 3.40. The highest BCUT2D eigenvalue weighted by Gasteiger charge is 1.96. The first-order valence-electron chi connectivity index (χ1n) is 5.85. The zero-order valence-electron chi connectivity index (χ0n) is 10.3. The van der Waals surface area contributed by atoms with Gasteiger partial charge in [0.15, 0.2) is 0 Å². The van der Waals surface area contributed by atoms with Crippen molar-refractivity contribution in [1.29, 1.82) is 0 Å². The lowest BCUT2D eigenvalue weighted by molar-refractivity contribution is 0.818. The Labute approximate surface area is 103 Å². The van der Waals surface area contributed by atoms with E-state index in [2.05, 4.69) is 66.1 Å². The molecule has 0 bridgehead atoms. The van der Waals surface area contributed by atoms with Gasteiger partial charge in [0.1, 0.15) is 0 Å². The average molecular weight is 226 g/mol. The van der Waals surface area contributed by atoms with Gasteiger partial charge in [-0.1, -0.05) is 29.8 Å². The van der Waals surface area contributed by atoms with Gasteiger partial charge in [-0.15, -0.1) is 0 Å². The Morgan fingerprint density at radius 3 is 2.41 bits per heavy atom. The van der Waals surface area contributed by atoms with E-state index >= 15 is 0 Å². The second kappa shape index (κ2) is 5.51. The van der Waals surface area contributed by atoms with Crippen LogP contribution in [-0.2, 0) is 6.54 Å². The molecular weight excluding hydrogens is 208 g/mol. The molecule has 2 aromatic carbocycles. The summed E-state index contributed by atoms with van der Waals surface area (Å²) < 4.78 is 0. The molecule has 0 saturated heterocycles. The highest BCUT2D eigenvalue weighted by Crippen LogP contribution is 2.18. The summed E-state index contributed by atoms with van der Waals surface area (Å²) in [5.41, 5.74) is 4.81. The molecule has 0 aliphatic rings. The van der Waals surface area contributed by atoms with Crippen LogP contribution in [0.25, 0.3) is 0 Å². The van der Waals surface area contributed by atoms with E-state index in [4.69, 9.17) is 0 Å². The second-order valence-corrected chi connectivity index (χ2v) is 4.22. The number of nitrogens with one attached hydrogen (secondary N) is 2. The Kier molecular flexibility index (Phi) is 3.78. The van der Waals surface area contributed by atoms with Crippen molar-refractivity contribution in [1.82, 2.24) is 5.32 Å². The van der Waals surface area contributed by atoms with Crippen LogP contribution in [0.15, 0.2) is 48.5 Å². The van der Waals surface area contributed by atoms with Gasteiger partial charge in [-0.25, -0.2) is 0 Å². The summed E-state index contributed by atoms with van der Waals surface area (Å²) in [6, 6.07) is 16.9. The van der Waals surface area contributed by atoms with Crippen molar-refractivity contribution in [3.05, 3.63) is 59.7 Å². The predicted molar refractivity (Wildman–Crippen MR) is 73.7 cm³/mol. The fraction of sp³-hybridized carbons (Fsp3) is 0.200. The van der Waals surface area contributed by atoms with Gasteiger partial charge in [0.2, 0.25) is 0 Å². The molecule has 2 aromatic rings. The van der Waals surface area contributed by atoms with Crippen LogP contribution in [0, 0.1) is 6.92 Å².